The summed E-state index contributed by atoms with van der Waals surface area (Å²) in [6, 6.07) is 10.2. The van der Waals surface area contributed by atoms with Crippen molar-refractivity contribution in [1.29, 1.82) is 0 Å². The molecule has 190 valence electrons. The average molecular weight is 539 g/mol. The third-order valence-corrected chi connectivity index (χ3v) is 11.3. The minimum Gasteiger partial charge on any atom is -0.373 e. The fraction of sp³-hybridized carbons (Fsp3) is 0.500. The maximum Gasteiger partial charge on any atom is 0.243 e. The summed E-state index contributed by atoms with van der Waals surface area (Å²) in [5.74, 6) is 0. The Morgan fingerprint density at radius 2 is 1.00 bits per heavy atom. The summed E-state index contributed by atoms with van der Waals surface area (Å²) < 4.78 is 69.9. The number of sulfonamides is 2. The summed E-state index contributed by atoms with van der Waals surface area (Å²) >= 11 is 1.52. The van der Waals surface area contributed by atoms with Gasteiger partial charge in [-0.3, -0.25) is 0 Å². The van der Waals surface area contributed by atoms with Crippen LogP contribution in [0.2, 0.25) is 0 Å². The number of hydrogen-bond donors (Lipinski definition) is 0. The topological polar surface area (TPSA) is 93.2 Å². The summed E-state index contributed by atoms with van der Waals surface area (Å²) in [5, 5.41) is 1.47. The van der Waals surface area contributed by atoms with Crippen molar-refractivity contribution in [2.24, 2.45) is 0 Å². The SMILES string of the molecule is C[C@@H]1CN(S(=O)(=O)c2ccc3sc4ccc(S(=O)(=O)N5C[C@@H](C)O[C@@H](C)C5)cc4c3c2)C[C@H](C)O1. The maximum absolute atomic E-state index is 13.4. The molecule has 2 fully saturated rings. The fourth-order valence-corrected chi connectivity index (χ4v) is 9.31. The van der Waals surface area contributed by atoms with Gasteiger partial charge in [-0.2, -0.15) is 8.61 Å². The van der Waals surface area contributed by atoms with Crippen molar-refractivity contribution < 1.29 is 26.3 Å². The van der Waals surface area contributed by atoms with Crippen LogP contribution >= 0.6 is 11.3 Å². The van der Waals surface area contributed by atoms with Crippen molar-refractivity contribution in [3.8, 4) is 0 Å². The number of nitrogens with zero attached hydrogens (tertiary/aromatic N) is 2. The van der Waals surface area contributed by atoms with Crippen LogP contribution in [-0.2, 0) is 29.5 Å². The fourth-order valence-electron chi connectivity index (χ4n) is 5.01. The van der Waals surface area contributed by atoms with Crippen LogP contribution in [0.15, 0.2) is 46.2 Å². The van der Waals surface area contributed by atoms with Gasteiger partial charge in [0.2, 0.25) is 20.0 Å². The van der Waals surface area contributed by atoms with E-state index in [1.807, 2.05) is 27.7 Å². The van der Waals surface area contributed by atoms with Crippen molar-refractivity contribution in [3.63, 3.8) is 0 Å². The highest BCUT2D eigenvalue weighted by Crippen LogP contribution is 2.37. The van der Waals surface area contributed by atoms with E-state index in [-0.39, 0.29) is 34.2 Å². The molecule has 3 heterocycles. The maximum atomic E-state index is 13.4. The molecule has 5 rings (SSSR count). The lowest BCUT2D eigenvalue weighted by molar-refractivity contribution is -0.0442. The lowest BCUT2D eigenvalue weighted by Gasteiger charge is -2.34. The van der Waals surface area contributed by atoms with E-state index in [0.717, 1.165) is 20.2 Å². The predicted octanol–water partition coefficient (Wildman–Crippen LogP) is 3.65. The Hall–Kier alpha value is -1.60. The Morgan fingerprint density at radius 3 is 1.34 bits per heavy atom. The molecule has 2 aliphatic heterocycles. The second-order valence-corrected chi connectivity index (χ2v) is 14.5. The first-order valence-corrected chi connectivity index (χ1v) is 15.4. The van der Waals surface area contributed by atoms with Crippen molar-refractivity contribution in [2.45, 2.75) is 61.9 Å². The van der Waals surface area contributed by atoms with Crippen LogP contribution in [0.5, 0.6) is 0 Å². The molecule has 1 aromatic heterocycles. The number of ether oxygens (including phenoxy) is 2. The Balaban J connectivity index is 1.56. The van der Waals surface area contributed by atoms with Crippen molar-refractivity contribution >= 4 is 51.6 Å². The van der Waals surface area contributed by atoms with Gasteiger partial charge in [-0.15, -0.1) is 11.3 Å². The van der Waals surface area contributed by atoms with Gasteiger partial charge < -0.3 is 9.47 Å². The number of rotatable bonds is 4. The molecule has 0 unspecified atom stereocenters. The van der Waals surface area contributed by atoms with Crippen LogP contribution in [0, 0.1) is 0 Å². The average Bonchev–Trinajstić information content (AvgIpc) is 3.15. The first-order valence-electron chi connectivity index (χ1n) is 11.7. The summed E-state index contributed by atoms with van der Waals surface area (Å²) in [6.07, 6.45) is -0.731. The number of benzene rings is 2. The smallest absolute Gasteiger partial charge is 0.243 e. The largest absolute Gasteiger partial charge is 0.373 e. The second kappa shape index (κ2) is 9.05. The van der Waals surface area contributed by atoms with E-state index >= 15 is 0 Å². The molecule has 2 aliphatic rings. The van der Waals surface area contributed by atoms with E-state index in [9.17, 15) is 16.8 Å². The molecule has 11 heteroatoms. The molecule has 0 amide bonds. The Kier molecular flexibility index (Phi) is 6.48. The molecular formula is C24H30N2O6S3. The summed E-state index contributed by atoms with van der Waals surface area (Å²) in [6.45, 7) is 8.66. The third kappa shape index (κ3) is 4.63. The minimum atomic E-state index is -3.72. The first kappa shape index (κ1) is 25.1. The van der Waals surface area contributed by atoms with Crippen LogP contribution in [0.4, 0.5) is 0 Å². The standard InChI is InChI=1S/C24H30N2O6S3/c1-15-11-25(12-16(2)31-15)34(27,28)19-5-7-23-21(9-19)22-10-20(6-8-24(22)33-23)35(29,30)26-13-17(3)32-18(4)14-26/h5-10,15-18H,11-14H2,1-4H3/t15-,16+,17-,18+. The first-order chi connectivity index (χ1) is 16.4. The van der Waals surface area contributed by atoms with E-state index < -0.39 is 20.0 Å². The zero-order valence-corrected chi connectivity index (χ0v) is 22.6. The molecular weight excluding hydrogens is 508 g/mol. The van der Waals surface area contributed by atoms with Gasteiger partial charge in [0.05, 0.1) is 34.2 Å². The van der Waals surface area contributed by atoms with Gasteiger partial charge in [0.15, 0.2) is 0 Å². The molecule has 4 atom stereocenters. The van der Waals surface area contributed by atoms with Gasteiger partial charge in [0, 0.05) is 46.4 Å². The van der Waals surface area contributed by atoms with Crippen LogP contribution in [0.1, 0.15) is 27.7 Å². The zero-order chi connectivity index (χ0) is 25.1. The number of hydrogen-bond acceptors (Lipinski definition) is 7. The zero-order valence-electron chi connectivity index (χ0n) is 20.2. The van der Waals surface area contributed by atoms with Gasteiger partial charge in [0.25, 0.3) is 0 Å². The van der Waals surface area contributed by atoms with Crippen LogP contribution < -0.4 is 0 Å². The van der Waals surface area contributed by atoms with Crippen molar-refractivity contribution in [3.05, 3.63) is 36.4 Å². The molecule has 2 aromatic carbocycles. The van der Waals surface area contributed by atoms with E-state index in [1.165, 1.54) is 19.9 Å². The molecule has 2 saturated heterocycles. The quantitative estimate of drug-likeness (QED) is 0.504. The molecule has 35 heavy (non-hydrogen) atoms. The Labute approximate surface area is 210 Å². The molecule has 0 aliphatic carbocycles. The summed E-state index contributed by atoms with van der Waals surface area (Å²) in [7, 11) is -7.43. The van der Waals surface area contributed by atoms with E-state index in [4.69, 9.17) is 9.47 Å². The highest BCUT2D eigenvalue weighted by atomic mass is 32.2. The van der Waals surface area contributed by atoms with Gasteiger partial charge in [0.1, 0.15) is 0 Å². The van der Waals surface area contributed by atoms with Gasteiger partial charge in [-0.05, 0) is 64.1 Å². The molecule has 0 saturated carbocycles. The monoisotopic (exact) mass is 538 g/mol. The predicted molar refractivity (Wildman–Crippen MR) is 137 cm³/mol. The molecule has 0 spiro atoms. The minimum absolute atomic E-state index is 0.183. The van der Waals surface area contributed by atoms with Gasteiger partial charge in [-0.25, -0.2) is 16.8 Å². The third-order valence-electron chi connectivity index (χ3n) is 6.46. The Morgan fingerprint density at radius 1 is 0.657 bits per heavy atom. The molecule has 0 N–H and O–H groups in total. The van der Waals surface area contributed by atoms with E-state index in [2.05, 4.69) is 0 Å². The lowest BCUT2D eigenvalue weighted by Crippen LogP contribution is -2.48. The van der Waals surface area contributed by atoms with Crippen LogP contribution in [0.25, 0.3) is 20.2 Å². The van der Waals surface area contributed by atoms with Crippen LogP contribution in [0.3, 0.4) is 0 Å². The normalized spacial score (nSPS) is 27.5. The summed E-state index contributed by atoms with van der Waals surface area (Å²) in [4.78, 5) is 0.408. The van der Waals surface area contributed by atoms with Gasteiger partial charge >= 0.3 is 0 Å². The van der Waals surface area contributed by atoms with Crippen molar-refractivity contribution in [2.75, 3.05) is 26.2 Å². The Bertz CT molecular complexity index is 1350. The number of thiophene rings is 1. The van der Waals surface area contributed by atoms with Crippen molar-refractivity contribution in [1.82, 2.24) is 8.61 Å². The lowest BCUT2D eigenvalue weighted by atomic mass is 10.1. The van der Waals surface area contributed by atoms with Crippen LogP contribution in [-0.4, -0.2) is 76.0 Å². The molecule has 8 nitrogen and oxygen atoms in total. The molecule has 0 radical (unpaired) electrons. The second-order valence-electron chi connectivity index (χ2n) is 9.58. The van der Waals surface area contributed by atoms with E-state index in [1.54, 1.807) is 36.4 Å². The summed E-state index contributed by atoms with van der Waals surface area (Å²) in [5.41, 5.74) is 0. The number of morpholine rings is 2. The number of fused-ring (bicyclic) bond motifs is 3. The molecule has 3 aromatic rings. The highest BCUT2D eigenvalue weighted by Gasteiger charge is 2.34. The van der Waals surface area contributed by atoms with E-state index in [0.29, 0.717) is 26.2 Å². The highest BCUT2D eigenvalue weighted by molar-refractivity contribution is 7.89. The van der Waals surface area contributed by atoms with Gasteiger partial charge in [-0.1, -0.05) is 0 Å². The molecule has 0 bridgehead atoms.